The van der Waals surface area contributed by atoms with Crippen LogP contribution in [-0.2, 0) is 9.84 Å². The molecule has 0 aliphatic carbocycles. The first-order valence-corrected chi connectivity index (χ1v) is 8.80. The van der Waals surface area contributed by atoms with Gasteiger partial charge in [-0.1, -0.05) is 6.92 Å². The third-order valence-electron chi connectivity index (χ3n) is 2.27. The van der Waals surface area contributed by atoms with Crippen molar-refractivity contribution in [1.82, 2.24) is 5.32 Å². The predicted molar refractivity (Wildman–Crippen MR) is 79.6 cm³/mol. The lowest BCUT2D eigenvalue weighted by atomic mass is 10.3. The van der Waals surface area contributed by atoms with E-state index in [-0.39, 0.29) is 11.7 Å². The van der Waals surface area contributed by atoms with Crippen LogP contribution < -0.4 is 16.4 Å². The smallest absolute Gasteiger partial charge is 0.263 e. The summed E-state index contributed by atoms with van der Waals surface area (Å²) < 4.78 is 22.0. The highest BCUT2D eigenvalue weighted by molar-refractivity contribution is 7.90. The number of anilines is 2. The van der Waals surface area contributed by atoms with E-state index in [1.807, 2.05) is 6.92 Å². The zero-order valence-corrected chi connectivity index (χ0v) is 12.7. The van der Waals surface area contributed by atoms with Crippen molar-refractivity contribution in [2.24, 2.45) is 0 Å². The lowest BCUT2D eigenvalue weighted by Crippen LogP contribution is -2.23. The third kappa shape index (κ3) is 5.48. The lowest BCUT2D eigenvalue weighted by molar-refractivity contribution is 0.0958. The van der Waals surface area contributed by atoms with Gasteiger partial charge in [0, 0.05) is 19.3 Å². The average molecular weight is 305 g/mol. The van der Waals surface area contributed by atoms with Crippen molar-refractivity contribution >= 4 is 37.8 Å². The molecule has 1 aromatic heterocycles. The molecule has 19 heavy (non-hydrogen) atoms. The number of carbonyl (C=O) groups excluding carboxylic acids is 1. The fraction of sp³-hybridized carbons (Fsp3) is 0.545. The molecule has 4 N–H and O–H groups in total. The van der Waals surface area contributed by atoms with E-state index in [0.717, 1.165) is 6.42 Å². The monoisotopic (exact) mass is 305 g/mol. The normalized spacial score (nSPS) is 11.3. The Labute approximate surface area is 117 Å². The van der Waals surface area contributed by atoms with Crippen LogP contribution >= 0.6 is 11.3 Å². The number of nitrogen functional groups attached to an aromatic ring is 1. The first kappa shape index (κ1) is 15.8. The molecule has 0 aliphatic rings. The molecule has 0 atom stereocenters. The molecule has 1 heterocycles. The van der Waals surface area contributed by atoms with E-state index < -0.39 is 9.84 Å². The summed E-state index contributed by atoms with van der Waals surface area (Å²) in [7, 11) is -2.99. The van der Waals surface area contributed by atoms with Crippen molar-refractivity contribution < 1.29 is 13.2 Å². The Kier molecular flexibility index (Phi) is 5.61. The molecule has 1 rings (SSSR count). The highest BCUT2D eigenvalue weighted by atomic mass is 32.2. The number of hydrogen-bond donors (Lipinski definition) is 3. The van der Waals surface area contributed by atoms with Gasteiger partial charge in [-0.3, -0.25) is 4.79 Å². The van der Waals surface area contributed by atoms with E-state index >= 15 is 0 Å². The molecule has 0 unspecified atom stereocenters. The van der Waals surface area contributed by atoms with Crippen LogP contribution in [-0.4, -0.2) is 39.4 Å². The Morgan fingerprint density at radius 1 is 1.42 bits per heavy atom. The highest BCUT2D eigenvalue weighted by Gasteiger charge is 2.14. The van der Waals surface area contributed by atoms with Gasteiger partial charge in [-0.2, -0.15) is 0 Å². The fourth-order valence-electron chi connectivity index (χ4n) is 1.35. The number of thiophene rings is 1. The van der Waals surface area contributed by atoms with Gasteiger partial charge in [0.15, 0.2) is 0 Å². The molecular weight excluding hydrogens is 286 g/mol. The summed E-state index contributed by atoms with van der Waals surface area (Å²) in [5, 5.41) is 6.40. The minimum absolute atomic E-state index is 0.0438. The molecule has 1 aromatic rings. The maximum Gasteiger partial charge on any atom is 0.263 e. The number of amides is 1. The second kappa shape index (κ2) is 6.76. The van der Waals surface area contributed by atoms with E-state index in [1.54, 1.807) is 6.07 Å². The SMILES string of the molecule is CCCNC(=O)c1sc(NCCS(C)(=O)=O)cc1N. The minimum Gasteiger partial charge on any atom is -0.397 e. The highest BCUT2D eigenvalue weighted by Crippen LogP contribution is 2.28. The van der Waals surface area contributed by atoms with Crippen molar-refractivity contribution in [3.05, 3.63) is 10.9 Å². The Morgan fingerprint density at radius 3 is 2.68 bits per heavy atom. The van der Waals surface area contributed by atoms with E-state index in [0.29, 0.717) is 28.7 Å². The predicted octanol–water partition coefficient (Wildman–Crippen LogP) is 0.927. The second-order valence-corrected chi connectivity index (χ2v) is 7.52. The molecule has 0 bridgehead atoms. The molecule has 0 spiro atoms. The molecule has 8 heteroatoms. The van der Waals surface area contributed by atoms with Crippen LogP contribution in [0.2, 0.25) is 0 Å². The van der Waals surface area contributed by atoms with Crippen molar-refractivity contribution in [2.45, 2.75) is 13.3 Å². The fourth-order valence-corrected chi connectivity index (χ4v) is 2.74. The van der Waals surface area contributed by atoms with Crippen molar-refractivity contribution in [3.8, 4) is 0 Å². The van der Waals surface area contributed by atoms with Gasteiger partial charge < -0.3 is 16.4 Å². The van der Waals surface area contributed by atoms with Gasteiger partial charge in [0.2, 0.25) is 0 Å². The number of carbonyl (C=O) groups is 1. The number of nitrogens with one attached hydrogen (secondary N) is 2. The van der Waals surface area contributed by atoms with Gasteiger partial charge in [-0.05, 0) is 12.5 Å². The maximum atomic E-state index is 11.8. The van der Waals surface area contributed by atoms with Crippen molar-refractivity contribution in [3.63, 3.8) is 0 Å². The first-order valence-electron chi connectivity index (χ1n) is 5.92. The van der Waals surface area contributed by atoms with Gasteiger partial charge in [-0.15, -0.1) is 11.3 Å². The van der Waals surface area contributed by atoms with Crippen LogP contribution in [0.1, 0.15) is 23.0 Å². The van der Waals surface area contributed by atoms with Crippen LogP contribution in [0, 0.1) is 0 Å². The molecule has 0 saturated heterocycles. The van der Waals surface area contributed by atoms with Crippen LogP contribution in [0.5, 0.6) is 0 Å². The summed E-state index contributed by atoms with van der Waals surface area (Å²) in [6, 6.07) is 1.65. The van der Waals surface area contributed by atoms with Crippen molar-refractivity contribution in [2.75, 3.05) is 36.1 Å². The lowest BCUT2D eigenvalue weighted by Gasteiger charge is -2.02. The third-order valence-corrected chi connectivity index (χ3v) is 4.33. The molecule has 6 nitrogen and oxygen atoms in total. The van der Waals surface area contributed by atoms with Crippen LogP contribution in [0.25, 0.3) is 0 Å². The van der Waals surface area contributed by atoms with E-state index in [4.69, 9.17) is 5.73 Å². The van der Waals surface area contributed by atoms with Crippen LogP contribution in [0.4, 0.5) is 10.7 Å². The summed E-state index contributed by atoms with van der Waals surface area (Å²) >= 11 is 1.23. The summed E-state index contributed by atoms with van der Waals surface area (Å²) in [6.07, 6.45) is 2.04. The minimum atomic E-state index is -2.99. The average Bonchev–Trinajstić information content (AvgIpc) is 2.66. The standard InChI is InChI=1S/C11H19N3O3S2/c1-3-4-14-11(15)10-8(12)7-9(18-10)13-5-6-19(2,16)17/h7,13H,3-6,12H2,1-2H3,(H,14,15). The van der Waals surface area contributed by atoms with Gasteiger partial charge >= 0.3 is 0 Å². The number of rotatable bonds is 7. The Balaban J connectivity index is 2.61. The Morgan fingerprint density at radius 2 is 2.11 bits per heavy atom. The zero-order valence-electron chi connectivity index (χ0n) is 11.0. The molecule has 0 radical (unpaired) electrons. The molecule has 0 fully saturated rings. The van der Waals surface area contributed by atoms with Crippen LogP contribution in [0.15, 0.2) is 6.07 Å². The summed E-state index contributed by atoms with van der Waals surface area (Å²) in [6.45, 7) is 2.87. The summed E-state index contributed by atoms with van der Waals surface area (Å²) in [5.74, 6) is -0.150. The number of hydrogen-bond acceptors (Lipinski definition) is 6. The molecule has 0 saturated carbocycles. The molecule has 108 valence electrons. The summed E-state index contributed by atoms with van der Waals surface area (Å²) in [4.78, 5) is 12.2. The van der Waals surface area contributed by atoms with Gasteiger partial charge in [-0.25, -0.2) is 8.42 Å². The van der Waals surface area contributed by atoms with E-state index in [9.17, 15) is 13.2 Å². The molecule has 0 aliphatic heterocycles. The molecule has 0 aromatic carbocycles. The largest absolute Gasteiger partial charge is 0.397 e. The van der Waals surface area contributed by atoms with Gasteiger partial charge in [0.05, 0.1) is 16.4 Å². The second-order valence-electron chi connectivity index (χ2n) is 4.21. The maximum absolute atomic E-state index is 11.8. The number of sulfone groups is 1. The first-order chi connectivity index (χ1) is 8.83. The quantitative estimate of drug-likeness (QED) is 0.695. The Bertz CT molecular complexity index is 537. The van der Waals surface area contributed by atoms with Gasteiger partial charge in [0.1, 0.15) is 14.7 Å². The van der Waals surface area contributed by atoms with Crippen LogP contribution in [0.3, 0.4) is 0 Å². The van der Waals surface area contributed by atoms with Crippen molar-refractivity contribution in [1.29, 1.82) is 0 Å². The van der Waals surface area contributed by atoms with E-state index in [1.165, 1.54) is 17.6 Å². The Hall–Kier alpha value is -1.28. The topological polar surface area (TPSA) is 101 Å². The van der Waals surface area contributed by atoms with E-state index in [2.05, 4.69) is 10.6 Å². The molecular formula is C11H19N3O3S2. The number of nitrogens with two attached hydrogens (primary N) is 1. The zero-order chi connectivity index (χ0) is 14.5. The van der Waals surface area contributed by atoms with Gasteiger partial charge in [0.25, 0.3) is 5.91 Å². The molecule has 1 amide bonds. The summed E-state index contributed by atoms with van der Waals surface area (Å²) in [5.41, 5.74) is 6.17.